The van der Waals surface area contributed by atoms with Crippen molar-refractivity contribution in [3.63, 3.8) is 0 Å². The predicted octanol–water partition coefficient (Wildman–Crippen LogP) is 0.981. The molecule has 72 valence electrons. The molecule has 14 heavy (non-hydrogen) atoms. The van der Waals surface area contributed by atoms with Crippen LogP contribution in [0.25, 0.3) is 6.08 Å². The largest absolute Gasteiger partial charge is 0.464 e. The molecular weight excluding hydrogens is 184 g/mol. The number of ether oxygens (including phenoxy) is 1. The van der Waals surface area contributed by atoms with Gasteiger partial charge in [0.1, 0.15) is 5.75 Å². The quantitative estimate of drug-likeness (QED) is 0.531. The third-order valence-electron chi connectivity index (χ3n) is 1.98. The summed E-state index contributed by atoms with van der Waals surface area (Å²) >= 11 is 0. The van der Waals surface area contributed by atoms with E-state index in [-0.39, 0.29) is 5.70 Å². The Balaban J connectivity index is 2.49. The molecule has 0 fully saturated rings. The lowest BCUT2D eigenvalue weighted by atomic mass is 10.1. The number of rotatable bonds is 1. The summed E-state index contributed by atoms with van der Waals surface area (Å²) in [6, 6.07) is 7.04. The van der Waals surface area contributed by atoms with E-state index in [1.54, 1.807) is 24.3 Å². The summed E-state index contributed by atoms with van der Waals surface area (Å²) in [6.07, 6.45) is 0.448. The minimum atomic E-state index is -0.986. The van der Waals surface area contributed by atoms with Gasteiger partial charge in [0.15, 0.2) is 0 Å². The SMILES string of the molecule is NC1Oc2ccccc2C=C1[N+](=O)[O-]. The maximum absolute atomic E-state index is 10.6. The molecule has 0 saturated heterocycles. The Morgan fingerprint density at radius 2 is 2.14 bits per heavy atom. The average molecular weight is 192 g/mol. The highest BCUT2D eigenvalue weighted by Gasteiger charge is 2.27. The Labute approximate surface area is 79.9 Å². The highest BCUT2D eigenvalue weighted by Crippen LogP contribution is 2.27. The molecule has 0 bridgehead atoms. The van der Waals surface area contributed by atoms with Gasteiger partial charge in [-0.2, -0.15) is 0 Å². The second kappa shape index (κ2) is 3.12. The van der Waals surface area contributed by atoms with Gasteiger partial charge >= 0.3 is 5.70 Å². The first kappa shape index (κ1) is 8.71. The van der Waals surface area contributed by atoms with Gasteiger partial charge in [0, 0.05) is 11.6 Å². The average Bonchev–Trinajstić information content (AvgIpc) is 2.16. The molecule has 1 aliphatic rings. The molecule has 2 N–H and O–H groups in total. The number of fused-ring (bicyclic) bond motifs is 1. The standard InChI is InChI=1S/C9H8N2O3/c10-9-7(11(12)13)5-6-3-1-2-4-8(6)14-9/h1-5,9H,10H2. The molecule has 1 aliphatic heterocycles. The smallest absolute Gasteiger partial charge is 0.302 e. The van der Waals surface area contributed by atoms with Crippen molar-refractivity contribution in [3.8, 4) is 5.75 Å². The second-order valence-electron chi connectivity index (χ2n) is 2.90. The Kier molecular flexibility index (Phi) is 1.94. The third-order valence-corrected chi connectivity index (χ3v) is 1.98. The van der Waals surface area contributed by atoms with E-state index >= 15 is 0 Å². The second-order valence-corrected chi connectivity index (χ2v) is 2.90. The van der Waals surface area contributed by atoms with Crippen LogP contribution in [0.4, 0.5) is 0 Å². The topological polar surface area (TPSA) is 78.4 Å². The highest BCUT2D eigenvalue weighted by atomic mass is 16.6. The van der Waals surface area contributed by atoms with Crippen molar-refractivity contribution < 1.29 is 9.66 Å². The fourth-order valence-corrected chi connectivity index (χ4v) is 1.30. The summed E-state index contributed by atoms with van der Waals surface area (Å²) in [4.78, 5) is 10.0. The zero-order valence-electron chi connectivity index (χ0n) is 7.21. The number of nitro groups is 1. The number of nitrogens with zero attached hydrogens (tertiary/aromatic N) is 1. The van der Waals surface area contributed by atoms with Gasteiger partial charge < -0.3 is 4.74 Å². The van der Waals surface area contributed by atoms with E-state index in [2.05, 4.69) is 0 Å². The maximum atomic E-state index is 10.6. The zero-order chi connectivity index (χ0) is 10.1. The van der Waals surface area contributed by atoms with Crippen LogP contribution in [0.15, 0.2) is 30.0 Å². The predicted molar refractivity (Wildman–Crippen MR) is 50.0 cm³/mol. The van der Waals surface area contributed by atoms with Crippen LogP contribution in [0.5, 0.6) is 5.75 Å². The Bertz CT molecular complexity index is 414. The molecular formula is C9H8N2O3. The number of hydrogen-bond acceptors (Lipinski definition) is 4. The number of hydrogen-bond donors (Lipinski definition) is 1. The van der Waals surface area contributed by atoms with Gasteiger partial charge in [-0.1, -0.05) is 18.2 Å². The number of nitrogens with two attached hydrogens (primary N) is 1. The van der Waals surface area contributed by atoms with Crippen LogP contribution in [0.1, 0.15) is 5.56 Å². The Hall–Kier alpha value is -1.88. The molecule has 1 atom stereocenters. The van der Waals surface area contributed by atoms with E-state index in [1.807, 2.05) is 0 Å². The lowest BCUT2D eigenvalue weighted by Gasteiger charge is -2.18. The van der Waals surface area contributed by atoms with Gasteiger partial charge in [-0.3, -0.25) is 15.8 Å². The summed E-state index contributed by atoms with van der Waals surface area (Å²) in [5.74, 6) is 0.575. The monoisotopic (exact) mass is 192 g/mol. The van der Waals surface area contributed by atoms with Crippen LogP contribution in [0.3, 0.4) is 0 Å². The molecule has 0 saturated carbocycles. The van der Waals surface area contributed by atoms with Gasteiger partial charge in [-0.25, -0.2) is 0 Å². The van der Waals surface area contributed by atoms with Crippen molar-refractivity contribution in [3.05, 3.63) is 45.6 Å². The first-order valence-electron chi connectivity index (χ1n) is 4.06. The first-order valence-corrected chi connectivity index (χ1v) is 4.06. The number of para-hydroxylation sites is 1. The van der Waals surface area contributed by atoms with Gasteiger partial charge in [0.25, 0.3) is 0 Å². The van der Waals surface area contributed by atoms with Crippen LogP contribution >= 0.6 is 0 Å². The molecule has 1 aromatic carbocycles. The molecule has 5 heteroatoms. The highest BCUT2D eigenvalue weighted by molar-refractivity contribution is 5.61. The normalized spacial score (nSPS) is 19.2. The van der Waals surface area contributed by atoms with Gasteiger partial charge in [-0.05, 0) is 6.07 Å². The summed E-state index contributed by atoms with van der Waals surface area (Å²) in [7, 11) is 0. The van der Waals surface area contributed by atoms with Crippen molar-refractivity contribution in [2.75, 3.05) is 0 Å². The van der Waals surface area contributed by atoms with Crippen LogP contribution in [-0.4, -0.2) is 11.2 Å². The van der Waals surface area contributed by atoms with Gasteiger partial charge in [0.05, 0.1) is 4.92 Å². The summed E-state index contributed by atoms with van der Waals surface area (Å²) < 4.78 is 5.17. The van der Waals surface area contributed by atoms with Gasteiger partial charge in [0.2, 0.25) is 6.23 Å². The fraction of sp³-hybridized carbons (Fsp3) is 0.111. The lowest BCUT2D eigenvalue weighted by Crippen LogP contribution is -2.34. The molecule has 5 nitrogen and oxygen atoms in total. The van der Waals surface area contributed by atoms with Crippen LogP contribution < -0.4 is 10.5 Å². The molecule has 0 aliphatic carbocycles. The summed E-state index contributed by atoms with van der Waals surface area (Å²) in [5, 5.41) is 10.6. The maximum Gasteiger partial charge on any atom is 0.302 e. The van der Waals surface area contributed by atoms with Crippen LogP contribution in [0.2, 0.25) is 0 Å². The van der Waals surface area contributed by atoms with E-state index in [1.165, 1.54) is 6.08 Å². The van der Waals surface area contributed by atoms with Crippen molar-refractivity contribution in [2.24, 2.45) is 5.73 Å². The van der Waals surface area contributed by atoms with E-state index in [0.29, 0.717) is 11.3 Å². The summed E-state index contributed by atoms with van der Waals surface area (Å²) in [6.45, 7) is 0. The Morgan fingerprint density at radius 3 is 2.86 bits per heavy atom. The third kappa shape index (κ3) is 1.33. The van der Waals surface area contributed by atoms with Crippen molar-refractivity contribution in [2.45, 2.75) is 6.23 Å². The van der Waals surface area contributed by atoms with E-state index in [9.17, 15) is 10.1 Å². The molecule has 2 rings (SSSR count). The van der Waals surface area contributed by atoms with E-state index in [4.69, 9.17) is 10.5 Å². The minimum absolute atomic E-state index is 0.122. The molecule has 0 amide bonds. The zero-order valence-corrected chi connectivity index (χ0v) is 7.21. The van der Waals surface area contributed by atoms with E-state index < -0.39 is 11.2 Å². The van der Waals surface area contributed by atoms with Crippen molar-refractivity contribution in [1.29, 1.82) is 0 Å². The van der Waals surface area contributed by atoms with E-state index in [0.717, 1.165) is 0 Å². The van der Waals surface area contributed by atoms with Crippen molar-refractivity contribution in [1.82, 2.24) is 0 Å². The molecule has 0 spiro atoms. The van der Waals surface area contributed by atoms with Crippen LogP contribution in [-0.2, 0) is 0 Å². The molecule has 0 radical (unpaired) electrons. The Morgan fingerprint density at radius 1 is 1.43 bits per heavy atom. The number of benzene rings is 1. The van der Waals surface area contributed by atoms with Gasteiger partial charge in [-0.15, -0.1) is 0 Å². The molecule has 1 heterocycles. The molecule has 0 aromatic heterocycles. The fourth-order valence-electron chi connectivity index (χ4n) is 1.30. The minimum Gasteiger partial charge on any atom is -0.464 e. The first-order chi connectivity index (χ1) is 6.68. The molecule has 1 aromatic rings. The van der Waals surface area contributed by atoms with Crippen molar-refractivity contribution >= 4 is 6.08 Å². The van der Waals surface area contributed by atoms with Crippen LogP contribution in [0, 0.1) is 10.1 Å². The molecule has 1 unspecified atom stereocenters. The summed E-state index contributed by atoms with van der Waals surface area (Å²) in [5.41, 5.74) is 6.02. The lowest BCUT2D eigenvalue weighted by molar-refractivity contribution is -0.433.